The normalized spacial score (nSPS) is 28.0. The number of pyridine rings is 1. The lowest BCUT2D eigenvalue weighted by Gasteiger charge is -2.30. The van der Waals surface area contributed by atoms with Crippen LogP contribution in [0.2, 0.25) is 0 Å². The van der Waals surface area contributed by atoms with E-state index >= 15 is 0 Å². The molecule has 0 aliphatic carbocycles. The summed E-state index contributed by atoms with van der Waals surface area (Å²) in [5, 5.41) is 4.28. The van der Waals surface area contributed by atoms with Crippen LogP contribution in [0.25, 0.3) is 10.1 Å². The molecule has 4 heterocycles. The number of carbonyl (C=O) groups excluding carboxylic acids is 1. The number of thiophene rings is 1. The Morgan fingerprint density at radius 2 is 2.33 bits per heavy atom. The van der Waals surface area contributed by atoms with Gasteiger partial charge in [0.2, 0.25) is 0 Å². The van der Waals surface area contributed by atoms with Crippen molar-refractivity contribution in [3.8, 4) is 0 Å². The van der Waals surface area contributed by atoms with Gasteiger partial charge >= 0.3 is 0 Å². The van der Waals surface area contributed by atoms with Crippen molar-refractivity contribution in [2.45, 2.75) is 18.9 Å². The highest BCUT2D eigenvalue weighted by atomic mass is 127. The van der Waals surface area contributed by atoms with Crippen LogP contribution < -0.4 is 5.32 Å². The van der Waals surface area contributed by atoms with Gasteiger partial charge in [-0.3, -0.25) is 9.78 Å². The lowest BCUT2D eigenvalue weighted by molar-refractivity contribution is 0.0904. The van der Waals surface area contributed by atoms with E-state index in [1.807, 2.05) is 6.07 Å². The van der Waals surface area contributed by atoms with Crippen LogP contribution in [0.4, 0.5) is 0 Å². The van der Waals surface area contributed by atoms with E-state index in [1.165, 1.54) is 22.4 Å². The lowest BCUT2D eigenvalue weighted by atomic mass is 9.97. The van der Waals surface area contributed by atoms with Crippen molar-refractivity contribution in [2.24, 2.45) is 5.92 Å². The highest BCUT2D eigenvalue weighted by Gasteiger charge is 2.33. The lowest BCUT2D eigenvalue weighted by Crippen LogP contribution is -2.47. The summed E-state index contributed by atoms with van der Waals surface area (Å²) in [5.41, 5.74) is 0.536. The van der Waals surface area contributed by atoms with Crippen LogP contribution in [0.5, 0.6) is 0 Å². The number of rotatable bonds is 2. The Bertz CT molecular complexity index is 689. The Balaban J connectivity index is 1.50. The van der Waals surface area contributed by atoms with Crippen molar-refractivity contribution in [3.63, 3.8) is 0 Å². The number of hydrogen-bond acceptors (Lipinski definition) is 4. The highest BCUT2D eigenvalue weighted by molar-refractivity contribution is 14.1. The number of amides is 1. The van der Waals surface area contributed by atoms with E-state index in [0.29, 0.717) is 5.69 Å². The minimum atomic E-state index is -0.0344. The van der Waals surface area contributed by atoms with E-state index in [0.717, 1.165) is 29.0 Å². The zero-order valence-electron chi connectivity index (χ0n) is 11.5. The summed E-state index contributed by atoms with van der Waals surface area (Å²) in [6.07, 6.45) is 4.20. The molecule has 2 aliphatic rings. The van der Waals surface area contributed by atoms with Gasteiger partial charge in [0.25, 0.3) is 5.91 Å². The van der Waals surface area contributed by atoms with E-state index in [-0.39, 0.29) is 11.9 Å². The molecule has 110 valence electrons. The maximum Gasteiger partial charge on any atom is 0.270 e. The molecule has 2 fully saturated rings. The molecule has 4 nitrogen and oxygen atoms in total. The minimum Gasteiger partial charge on any atom is -0.347 e. The Kier molecular flexibility index (Phi) is 3.63. The molecule has 2 aromatic rings. The third kappa shape index (κ3) is 2.80. The molecule has 3 atom stereocenters. The largest absolute Gasteiger partial charge is 0.347 e. The topological polar surface area (TPSA) is 45.2 Å². The molecule has 0 saturated carbocycles. The average molecular weight is 413 g/mol. The fourth-order valence-corrected chi connectivity index (χ4v) is 5.29. The summed E-state index contributed by atoms with van der Waals surface area (Å²) >= 11 is 4.00. The fraction of sp³-hybridized carbons (Fsp3) is 0.467. The molecular formula is C15H16IN3OS. The van der Waals surface area contributed by atoms with Crippen molar-refractivity contribution in [1.82, 2.24) is 15.2 Å². The molecule has 0 aromatic carbocycles. The molecular weight excluding hydrogens is 397 g/mol. The van der Waals surface area contributed by atoms with Crippen molar-refractivity contribution in [3.05, 3.63) is 26.9 Å². The first-order valence-electron chi connectivity index (χ1n) is 7.26. The third-order valence-corrected chi connectivity index (χ3v) is 6.26. The maximum absolute atomic E-state index is 12.4. The molecule has 1 amide bonds. The second-order valence-corrected chi connectivity index (χ2v) is 8.96. The van der Waals surface area contributed by atoms with E-state index in [9.17, 15) is 4.79 Å². The van der Waals surface area contributed by atoms with E-state index in [4.69, 9.17) is 0 Å². The van der Waals surface area contributed by atoms with Crippen LogP contribution in [0.3, 0.4) is 0 Å². The van der Waals surface area contributed by atoms with Gasteiger partial charge in [-0.25, -0.2) is 0 Å². The second kappa shape index (κ2) is 5.48. The molecule has 0 spiro atoms. The van der Waals surface area contributed by atoms with E-state index in [1.54, 1.807) is 17.5 Å². The Morgan fingerprint density at radius 1 is 1.43 bits per heavy atom. The van der Waals surface area contributed by atoms with Gasteiger partial charge in [0, 0.05) is 35.4 Å². The van der Waals surface area contributed by atoms with Crippen molar-refractivity contribution >= 4 is 49.9 Å². The fourth-order valence-electron chi connectivity index (χ4n) is 3.45. The summed E-state index contributed by atoms with van der Waals surface area (Å²) in [6.45, 7) is 3.39. The van der Waals surface area contributed by atoms with Gasteiger partial charge in [-0.05, 0) is 60.0 Å². The number of nitrogens with one attached hydrogen (secondary N) is 1. The van der Waals surface area contributed by atoms with Gasteiger partial charge in [-0.15, -0.1) is 11.3 Å². The summed E-state index contributed by atoms with van der Waals surface area (Å²) in [6, 6.07) is 4.29. The Labute approximate surface area is 141 Å². The zero-order chi connectivity index (χ0) is 14.4. The highest BCUT2D eigenvalue weighted by Crippen LogP contribution is 2.28. The molecule has 2 aromatic heterocycles. The van der Waals surface area contributed by atoms with Gasteiger partial charge in [-0.2, -0.15) is 0 Å². The first-order valence-corrected chi connectivity index (χ1v) is 9.15. The standard InChI is InChI=1S/C15H16IN3OS/c16-14-4-10-6-17-12(5-13(10)21-14)15(20)18-11-3-9-1-2-19(7-9)8-11/h4-6,9,11H,1-3,7-8H2,(H,18,20). The van der Waals surface area contributed by atoms with Crippen LogP contribution in [0.1, 0.15) is 23.3 Å². The second-order valence-electron chi connectivity index (χ2n) is 5.98. The molecule has 2 aliphatic heterocycles. The summed E-state index contributed by atoms with van der Waals surface area (Å²) < 4.78 is 2.35. The van der Waals surface area contributed by atoms with Crippen LogP contribution in [0, 0.1) is 8.80 Å². The van der Waals surface area contributed by atoms with Crippen LogP contribution in [0.15, 0.2) is 18.3 Å². The molecule has 1 N–H and O–H groups in total. The monoisotopic (exact) mass is 413 g/mol. The molecule has 6 heteroatoms. The number of nitrogens with zero attached hydrogens (tertiary/aromatic N) is 2. The summed E-state index contributed by atoms with van der Waals surface area (Å²) in [4.78, 5) is 19.2. The number of aromatic nitrogens is 1. The van der Waals surface area contributed by atoms with Gasteiger partial charge in [0.05, 0.1) is 2.88 Å². The predicted molar refractivity (Wildman–Crippen MR) is 92.8 cm³/mol. The molecule has 4 rings (SSSR count). The van der Waals surface area contributed by atoms with Crippen molar-refractivity contribution < 1.29 is 4.79 Å². The first kappa shape index (κ1) is 13.9. The van der Waals surface area contributed by atoms with Gasteiger partial charge in [0.15, 0.2) is 0 Å². The van der Waals surface area contributed by atoms with Gasteiger partial charge in [0.1, 0.15) is 5.69 Å². The molecule has 21 heavy (non-hydrogen) atoms. The van der Waals surface area contributed by atoms with Crippen molar-refractivity contribution in [2.75, 3.05) is 19.6 Å². The number of carbonyl (C=O) groups is 1. The number of fused-ring (bicyclic) bond motifs is 3. The van der Waals surface area contributed by atoms with E-state index in [2.05, 4.69) is 43.9 Å². The SMILES string of the molecule is O=C(NC1CC2CCN(C2)C1)c1cc2sc(I)cc2cn1. The summed E-state index contributed by atoms with van der Waals surface area (Å²) in [5.74, 6) is 0.728. The molecule has 3 unspecified atom stereocenters. The molecule has 0 radical (unpaired) electrons. The average Bonchev–Trinajstić information content (AvgIpc) is 2.99. The Hall–Kier alpha value is -0.730. The van der Waals surface area contributed by atoms with E-state index < -0.39 is 0 Å². The van der Waals surface area contributed by atoms with Gasteiger partial charge in [-0.1, -0.05) is 0 Å². The molecule has 2 saturated heterocycles. The number of piperidine rings is 1. The predicted octanol–water partition coefficient (Wildman–Crippen LogP) is 2.72. The van der Waals surface area contributed by atoms with Gasteiger partial charge < -0.3 is 10.2 Å². The minimum absolute atomic E-state index is 0.0344. The van der Waals surface area contributed by atoms with Crippen LogP contribution >= 0.6 is 33.9 Å². The first-order chi connectivity index (χ1) is 10.2. The molecule has 2 bridgehead atoms. The zero-order valence-corrected chi connectivity index (χ0v) is 14.5. The summed E-state index contributed by atoms with van der Waals surface area (Å²) in [7, 11) is 0. The van der Waals surface area contributed by atoms with Crippen LogP contribution in [-0.4, -0.2) is 41.5 Å². The smallest absolute Gasteiger partial charge is 0.270 e. The number of halogens is 1. The van der Waals surface area contributed by atoms with Crippen molar-refractivity contribution in [1.29, 1.82) is 0 Å². The third-order valence-electron chi connectivity index (χ3n) is 4.41. The Morgan fingerprint density at radius 3 is 3.19 bits per heavy atom. The maximum atomic E-state index is 12.4. The quantitative estimate of drug-likeness (QED) is 0.771. The number of hydrogen-bond donors (Lipinski definition) is 1. The van der Waals surface area contributed by atoms with Crippen LogP contribution in [-0.2, 0) is 0 Å².